The zero-order valence-electron chi connectivity index (χ0n) is 9.46. The highest BCUT2D eigenvalue weighted by atomic mass is 15.1. The molecule has 84 valence electrons. The van der Waals surface area contributed by atoms with Crippen LogP contribution in [-0.2, 0) is 0 Å². The van der Waals surface area contributed by atoms with Crippen molar-refractivity contribution < 1.29 is 0 Å². The molecule has 3 aromatic rings. The van der Waals surface area contributed by atoms with Crippen LogP contribution in [-0.4, -0.2) is 14.4 Å². The average Bonchev–Trinajstić information content (AvgIpc) is 2.69. The van der Waals surface area contributed by atoms with Crippen molar-refractivity contribution in [3.05, 3.63) is 48.4 Å². The number of pyridine rings is 2. The predicted octanol–water partition coefficient (Wildman–Crippen LogP) is 2.29. The van der Waals surface area contributed by atoms with Crippen LogP contribution in [0.4, 0.5) is 5.82 Å². The maximum atomic E-state index is 6.15. The summed E-state index contributed by atoms with van der Waals surface area (Å²) in [4.78, 5) is 8.55. The molecule has 0 saturated carbocycles. The number of aromatic nitrogens is 3. The minimum absolute atomic E-state index is 0.671. The molecule has 0 bridgehead atoms. The Morgan fingerprint density at radius 3 is 2.59 bits per heavy atom. The van der Waals surface area contributed by atoms with Crippen molar-refractivity contribution in [1.29, 1.82) is 0 Å². The number of anilines is 1. The van der Waals surface area contributed by atoms with Gasteiger partial charge in [-0.05, 0) is 31.2 Å². The lowest BCUT2D eigenvalue weighted by Gasteiger charge is -2.01. The normalized spacial score (nSPS) is 10.9. The summed E-state index contributed by atoms with van der Waals surface area (Å²) in [6.07, 6.45) is 3.48. The molecule has 4 nitrogen and oxygen atoms in total. The maximum Gasteiger partial charge on any atom is 0.139 e. The Morgan fingerprint density at radius 1 is 1.12 bits per heavy atom. The summed E-state index contributed by atoms with van der Waals surface area (Å²) in [5.41, 5.74) is 9.89. The van der Waals surface area contributed by atoms with Crippen LogP contribution in [0.3, 0.4) is 0 Å². The third kappa shape index (κ3) is 1.45. The number of nitrogens with zero attached hydrogens (tertiary/aromatic N) is 3. The molecule has 4 heteroatoms. The number of fused-ring (bicyclic) bond motifs is 1. The molecule has 0 amide bonds. The van der Waals surface area contributed by atoms with E-state index >= 15 is 0 Å². The third-order valence-corrected chi connectivity index (χ3v) is 2.83. The summed E-state index contributed by atoms with van der Waals surface area (Å²) in [7, 11) is 0. The molecule has 0 fully saturated rings. The second-order valence-corrected chi connectivity index (χ2v) is 3.94. The molecule has 3 rings (SSSR count). The quantitative estimate of drug-likeness (QED) is 0.690. The number of rotatable bonds is 1. The fourth-order valence-corrected chi connectivity index (χ4v) is 2.00. The predicted molar refractivity (Wildman–Crippen MR) is 67.6 cm³/mol. The van der Waals surface area contributed by atoms with Gasteiger partial charge < -0.3 is 5.73 Å². The van der Waals surface area contributed by atoms with Crippen molar-refractivity contribution in [3.8, 4) is 11.3 Å². The van der Waals surface area contributed by atoms with Crippen molar-refractivity contribution >= 4 is 11.5 Å². The molecule has 0 aliphatic rings. The summed E-state index contributed by atoms with van der Waals surface area (Å²) in [5, 5.41) is 0. The lowest BCUT2D eigenvalue weighted by atomic mass is 10.2. The highest BCUT2D eigenvalue weighted by molar-refractivity contribution is 5.74. The molecule has 3 heterocycles. The molecular weight excluding hydrogens is 212 g/mol. The molecule has 2 N–H and O–H groups in total. The Labute approximate surface area is 98.8 Å². The molecule has 0 aromatic carbocycles. The van der Waals surface area contributed by atoms with Gasteiger partial charge in [0.25, 0.3) is 0 Å². The second kappa shape index (κ2) is 3.59. The first-order valence-electron chi connectivity index (χ1n) is 5.41. The van der Waals surface area contributed by atoms with E-state index in [0.29, 0.717) is 5.82 Å². The van der Waals surface area contributed by atoms with E-state index in [-0.39, 0.29) is 0 Å². The van der Waals surface area contributed by atoms with Gasteiger partial charge in [-0.3, -0.25) is 9.38 Å². The van der Waals surface area contributed by atoms with Crippen molar-refractivity contribution in [2.24, 2.45) is 0 Å². The molecule has 0 spiro atoms. The topological polar surface area (TPSA) is 56.2 Å². The molecule has 0 aliphatic carbocycles. The van der Waals surface area contributed by atoms with Gasteiger partial charge in [0.1, 0.15) is 17.2 Å². The molecule has 0 aliphatic heterocycles. The fraction of sp³-hybridized carbons (Fsp3) is 0.0769. The standard InChI is InChI=1S/C13H12N4/c1-9-3-2-4-11-16-12(13(14)17(9)11)10-5-7-15-8-6-10/h2-8H,14H2,1H3. The summed E-state index contributed by atoms with van der Waals surface area (Å²) < 4.78 is 1.95. The van der Waals surface area contributed by atoms with Crippen LogP contribution < -0.4 is 5.73 Å². The van der Waals surface area contributed by atoms with Crippen LogP contribution in [0.15, 0.2) is 42.7 Å². The lowest BCUT2D eigenvalue weighted by Crippen LogP contribution is -1.97. The van der Waals surface area contributed by atoms with Crippen molar-refractivity contribution in [1.82, 2.24) is 14.4 Å². The van der Waals surface area contributed by atoms with Crippen molar-refractivity contribution in [2.45, 2.75) is 6.92 Å². The van der Waals surface area contributed by atoms with Gasteiger partial charge in [0, 0.05) is 23.7 Å². The SMILES string of the molecule is Cc1cccc2nc(-c3ccncc3)c(N)n12. The van der Waals surface area contributed by atoms with E-state index in [1.807, 2.05) is 41.7 Å². The van der Waals surface area contributed by atoms with Crippen LogP contribution in [0.1, 0.15) is 5.69 Å². The first-order valence-corrected chi connectivity index (χ1v) is 5.41. The fourth-order valence-electron chi connectivity index (χ4n) is 2.00. The molecule has 17 heavy (non-hydrogen) atoms. The van der Waals surface area contributed by atoms with Crippen LogP contribution in [0, 0.1) is 6.92 Å². The van der Waals surface area contributed by atoms with Gasteiger partial charge in [0.05, 0.1) is 0 Å². The minimum atomic E-state index is 0.671. The summed E-state index contributed by atoms with van der Waals surface area (Å²) in [5.74, 6) is 0.671. The van der Waals surface area contributed by atoms with Crippen LogP contribution in [0.25, 0.3) is 16.9 Å². The van der Waals surface area contributed by atoms with Gasteiger partial charge in [-0.25, -0.2) is 4.98 Å². The van der Waals surface area contributed by atoms with Gasteiger partial charge in [0.2, 0.25) is 0 Å². The van der Waals surface area contributed by atoms with Gasteiger partial charge in [0.15, 0.2) is 0 Å². The molecule has 0 saturated heterocycles. The van der Waals surface area contributed by atoms with E-state index in [0.717, 1.165) is 22.6 Å². The molecule has 0 radical (unpaired) electrons. The number of nitrogen functional groups attached to an aromatic ring is 1. The van der Waals surface area contributed by atoms with Gasteiger partial charge in [-0.1, -0.05) is 6.07 Å². The lowest BCUT2D eigenvalue weighted by molar-refractivity contribution is 1.10. The molecule has 0 atom stereocenters. The highest BCUT2D eigenvalue weighted by Crippen LogP contribution is 2.26. The Hall–Kier alpha value is -2.36. The Kier molecular flexibility index (Phi) is 2.08. The summed E-state index contributed by atoms with van der Waals surface area (Å²) in [6.45, 7) is 2.02. The zero-order chi connectivity index (χ0) is 11.8. The molecular formula is C13H12N4. The third-order valence-electron chi connectivity index (χ3n) is 2.83. The Balaban J connectivity index is 2.33. The molecule has 0 unspecified atom stereocenters. The average molecular weight is 224 g/mol. The molecule has 3 aromatic heterocycles. The highest BCUT2D eigenvalue weighted by Gasteiger charge is 2.11. The van der Waals surface area contributed by atoms with E-state index in [9.17, 15) is 0 Å². The summed E-state index contributed by atoms with van der Waals surface area (Å²) >= 11 is 0. The first kappa shape index (κ1) is 9.84. The van der Waals surface area contributed by atoms with E-state index in [4.69, 9.17) is 5.73 Å². The monoisotopic (exact) mass is 224 g/mol. The first-order chi connectivity index (χ1) is 8.27. The maximum absolute atomic E-state index is 6.15. The van der Waals surface area contributed by atoms with E-state index in [2.05, 4.69) is 9.97 Å². The van der Waals surface area contributed by atoms with Crippen LogP contribution >= 0.6 is 0 Å². The van der Waals surface area contributed by atoms with E-state index < -0.39 is 0 Å². The summed E-state index contributed by atoms with van der Waals surface area (Å²) in [6, 6.07) is 9.77. The van der Waals surface area contributed by atoms with Gasteiger partial charge >= 0.3 is 0 Å². The number of hydrogen-bond acceptors (Lipinski definition) is 3. The number of aryl methyl sites for hydroxylation is 1. The Bertz CT molecular complexity index is 670. The zero-order valence-corrected chi connectivity index (χ0v) is 9.46. The number of nitrogens with two attached hydrogens (primary N) is 1. The van der Waals surface area contributed by atoms with Gasteiger partial charge in [-0.2, -0.15) is 0 Å². The smallest absolute Gasteiger partial charge is 0.139 e. The van der Waals surface area contributed by atoms with Gasteiger partial charge in [-0.15, -0.1) is 0 Å². The Morgan fingerprint density at radius 2 is 1.88 bits per heavy atom. The van der Waals surface area contributed by atoms with Crippen LogP contribution in [0.2, 0.25) is 0 Å². The largest absolute Gasteiger partial charge is 0.383 e. The van der Waals surface area contributed by atoms with Crippen molar-refractivity contribution in [3.63, 3.8) is 0 Å². The minimum Gasteiger partial charge on any atom is -0.383 e. The second-order valence-electron chi connectivity index (χ2n) is 3.94. The van der Waals surface area contributed by atoms with E-state index in [1.54, 1.807) is 12.4 Å². The van der Waals surface area contributed by atoms with Crippen molar-refractivity contribution in [2.75, 3.05) is 5.73 Å². The number of imidazole rings is 1. The number of hydrogen-bond donors (Lipinski definition) is 1. The van der Waals surface area contributed by atoms with Crippen LogP contribution in [0.5, 0.6) is 0 Å². The van der Waals surface area contributed by atoms with E-state index in [1.165, 1.54) is 0 Å².